The van der Waals surface area contributed by atoms with Gasteiger partial charge in [-0.3, -0.25) is 0 Å². The highest BCUT2D eigenvalue weighted by Crippen LogP contribution is 2.27. The largest absolute Gasteiger partial charge is 0.390 e. The molecule has 0 aliphatic carbocycles. The lowest BCUT2D eigenvalue weighted by Gasteiger charge is -2.18. The Hall–Kier alpha value is -1.20. The van der Waals surface area contributed by atoms with Gasteiger partial charge in [0.15, 0.2) is 0 Å². The second-order valence-corrected chi connectivity index (χ2v) is 4.02. The molecule has 6 heteroatoms. The first-order valence-corrected chi connectivity index (χ1v) is 5.93. The molecule has 16 heavy (non-hydrogen) atoms. The summed E-state index contributed by atoms with van der Waals surface area (Å²) in [7, 11) is 0. The van der Waals surface area contributed by atoms with E-state index in [1.807, 2.05) is 18.4 Å². The van der Waals surface area contributed by atoms with Gasteiger partial charge in [-0.25, -0.2) is 0 Å². The summed E-state index contributed by atoms with van der Waals surface area (Å²) in [6, 6.07) is 7.26. The van der Waals surface area contributed by atoms with Crippen LogP contribution in [-0.4, -0.2) is 29.1 Å². The smallest absolute Gasteiger partial charge is 0.106 e. The van der Waals surface area contributed by atoms with Gasteiger partial charge in [-0.1, -0.05) is 23.3 Å². The molecule has 0 amide bonds. The molecular weight excluding hydrogens is 226 g/mol. The van der Waals surface area contributed by atoms with Crippen LogP contribution in [0.15, 0.2) is 34.3 Å². The molecule has 0 aromatic heterocycles. The van der Waals surface area contributed by atoms with Crippen molar-refractivity contribution in [1.82, 2.24) is 0 Å². The zero-order valence-electron chi connectivity index (χ0n) is 8.82. The van der Waals surface area contributed by atoms with Gasteiger partial charge < -0.3 is 10.2 Å². The minimum Gasteiger partial charge on any atom is -0.390 e. The number of hydrogen-bond donors (Lipinski definition) is 2. The Bertz CT molecular complexity index is 393. The zero-order chi connectivity index (χ0) is 12.0. The fourth-order valence-electron chi connectivity index (χ4n) is 1.34. The molecule has 86 valence electrons. The van der Waals surface area contributed by atoms with Crippen LogP contribution in [-0.2, 0) is 0 Å². The predicted octanol–water partition coefficient (Wildman–Crippen LogP) is 2.11. The van der Waals surface area contributed by atoms with Crippen LogP contribution in [0, 0.1) is 0 Å². The molecular formula is C10H13N3O2S. The van der Waals surface area contributed by atoms with Gasteiger partial charge in [-0.15, -0.1) is 11.8 Å². The molecule has 2 N–H and O–H groups in total. The number of hydrogen-bond acceptors (Lipinski definition) is 4. The van der Waals surface area contributed by atoms with Crippen LogP contribution in [0.3, 0.4) is 0 Å². The van der Waals surface area contributed by atoms with Crippen LogP contribution in [0.2, 0.25) is 0 Å². The van der Waals surface area contributed by atoms with Gasteiger partial charge in [0.2, 0.25) is 0 Å². The second-order valence-electron chi connectivity index (χ2n) is 3.17. The molecule has 0 saturated heterocycles. The van der Waals surface area contributed by atoms with E-state index in [1.165, 1.54) is 11.8 Å². The van der Waals surface area contributed by atoms with Gasteiger partial charge in [-0.2, -0.15) is 0 Å². The molecule has 0 radical (unpaired) electrons. The Morgan fingerprint density at radius 3 is 2.75 bits per heavy atom. The fraction of sp³-hybridized carbons (Fsp3) is 0.400. The molecule has 0 aliphatic heterocycles. The molecule has 5 nitrogen and oxygen atoms in total. The third-order valence-electron chi connectivity index (χ3n) is 2.15. The number of thioether (sulfide) groups is 1. The van der Waals surface area contributed by atoms with Crippen molar-refractivity contribution in [3.8, 4) is 0 Å². The van der Waals surface area contributed by atoms with Crippen molar-refractivity contribution in [2.45, 2.75) is 17.1 Å². The quantitative estimate of drug-likeness (QED) is 0.357. The van der Waals surface area contributed by atoms with E-state index < -0.39 is 12.2 Å². The third kappa shape index (κ3) is 3.15. The molecule has 0 spiro atoms. The Balaban J connectivity index is 2.86. The van der Waals surface area contributed by atoms with Crippen LogP contribution in [0.4, 0.5) is 0 Å². The normalized spacial score (nSPS) is 13.9. The maximum Gasteiger partial charge on any atom is 0.106 e. The van der Waals surface area contributed by atoms with E-state index in [4.69, 9.17) is 5.53 Å². The van der Waals surface area contributed by atoms with E-state index in [0.29, 0.717) is 5.56 Å². The number of nitrogens with zero attached hydrogens (tertiary/aromatic N) is 3. The van der Waals surface area contributed by atoms with Crippen LogP contribution < -0.4 is 0 Å². The molecule has 0 saturated carbocycles. The summed E-state index contributed by atoms with van der Waals surface area (Å²) < 4.78 is 0. The lowest BCUT2D eigenvalue weighted by Crippen LogP contribution is -2.21. The molecule has 0 bridgehead atoms. The predicted molar refractivity (Wildman–Crippen MR) is 63.2 cm³/mol. The fourth-order valence-corrected chi connectivity index (χ4v) is 1.98. The van der Waals surface area contributed by atoms with Crippen molar-refractivity contribution in [3.63, 3.8) is 0 Å². The van der Waals surface area contributed by atoms with E-state index in [2.05, 4.69) is 10.0 Å². The van der Waals surface area contributed by atoms with Crippen molar-refractivity contribution in [2.24, 2.45) is 5.11 Å². The number of aliphatic hydroxyl groups is 2. The SMILES string of the molecule is CSc1ccccc1C(O)C(O)CN=[N+]=[N-]. The highest BCUT2D eigenvalue weighted by atomic mass is 32.2. The van der Waals surface area contributed by atoms with Gasteiger partial charge in [0.05, 0.1) is 12.6 Å². The topological polar surface area (TPSA) is 89.2 Å². The number of aliphatic hydroxyl groups excluding tert-OH is 2. The maximum absolute atomic E-state index is 9.88. The third-order valence-corrected chi connectivity index (χ3v) is 2.97. The van der Waals surface area contributed by atoms with Crippen molar-refractivity contribution >= 4 is 11.8 Å². The molecule has 1 rings (SSSR count). The van der Waals surface area contributed by atoms with E-state index in [1.54, 1.807) is 12.1 Å². The van der Waals surface area contributed by atoms with Crippen LogP contribution in [0.25, 0.3) is 10.4 Å². The number of rotatable bonds is 5. The van der Waals surface area contributed by atoms with E-state index in [-0.39, 0.29) is 6.54 Å². The van der Waals surface area contributed by atoms with Crippen molar-refractivity contribution in [3.05, 3.63) is 40.3 Å². The molecule has 2 atom stereocenters. The summed E-state index contributed by atoms with van der Waals surface area (Å²) in [5.41, 5.74) is 8.78. The van der Waals surface area contributed by atoms with Gasteiger partial charge >= 0.3 is 0 Å². The highest BCUT2D eigenvalue weighted by Gasteiger charge is 2.19. The minimum atomic E-state index is -1.08. The Morgan fingerprint density at radius 2 is 2.12 bits per heavy atom. The minimum absolute atomic E-state index is 0.139. The summed E-state index contributed by atoms with van der Waals surface area (Å²) in [6.07, 6.45) is -0.218. The maximum atomic E-state index is 9.88. The average Bonchev–Trinajstić information content (AvgIpc) is 2.34. The molecule has 2 unspecified atom stereocenters. The Labute approximate surface area is 97.7 Å². The number of benzene rings is 1. The second kappa shape index (κ2) is 6.40. The first-order valence-electron chi connectivity index (χ1n) is 4.70. The van der Waals surface area contributed by atoms with E-state index in [0.717, 1.165) is 4.90 Å². The van der Waals surface area contributed by atoms with Crippen LogP contribution in [0.1, 0.15) is 11.7 Å². The molecule has 1 aromatic carbocycles. The molecule has 0 heterocycles. The summed E-state index contributed by atoms with van der Waals surface area (Å²) >= 11 is 1.49. The first-order chi connectivity index (χ1) is 7.70. The summed E-state index contributed by atoms with van der Waals surface area (Å²) in [4.78, 5) is 3.44. The Morgan fingerprint density at radius 1 is 1.44 bits per heavy atom. The van der Waals surface area contributed by atoms with Crippen molar-refractivity contribution in [1.29, 1.82) is 0 Å². The number of azide groups is 1. The van der Waals surface area contributed by atoms with Gasteiger partial charge in [0.1, 0.15) is 6.10 Å². The van der Waals surface area contributed by atoms with Gasteiger partial charge in [-0.05, 0) is 23.4 Å². The molecule has 0 aliphatic rings. The first kappa shape index (κ1) is 12.9. The summed E-state index contributed by atoms with van der Waals surface area (Å²) in [5, 5.41) is 22.7. The summed E-state index contributed by atoms with van der Waals surface area (Å²) in [6.45, 7) is -0.139. The van der Waals surface area contributed by atoms with Gasteiger partial charge in [0, 0.05) is 9.81 Å². The zero-order valence-corrected chi connectivity index (χ0v) is 9.63. The van der Waals surface area contributed by atoms with Crippen molar-refractivity contribution in [2.75, 3.05) is 12.8 Å². The van der Waals surface area contributed by atoms with E-state index >= 15 is 0 Å². The van der Waals surface area contributed by atoms with Gasteiger partial charge in [0.25, 0.3) is 0 Å². The monoisotopic (exact) mass is 239 g/mol. The Kier molecular flexibility index (Phi) is 5.14. The van der Waals surface area contributed by atoms with Crippen molar-refractivity contribution < 1.29 is 10.2 Å². The lowest BCUT2D eigenvalue weighted by atomic mass is 10.0. The standard InChI is InChI=1S/C10H13N3O2S/c1-16-9-5-3-2-4-7(9)10(15)8(14)6-12-13-11/h2-5,8,10,14-15H,6H2,1H3. The molecule has 0 fully saturated rings. The van der Waals surface area contributed by atoms with Crippen LogP contribution in [0.5, 0.6) is 0 Å². The highest BCUT2D eigenvalue weighted by molar-refractivity contribution is 7.98. The molecule has 1 aromatic rings. The summed E-state index contributed by atoms with van der Waals surface area (Å²) in [5.74, 6) is 0. The average molecular weight is 239 g/mol. The van der Waals surface area contributed by atoms with Crippen LogP contribution >= 0.6 is 11.8 Å². The lowest BCUT2D eigenvalue weighted by molar-refractivity contribution is 0.0228. The van der Waals surface area contributed by atoms with E-state index in [9.17, 15) is 10.2 Å².